The highest BCUT2D eigenvalue weighted by Crippen LogP contribution is 2.26. The van der Waals surface area contributed by atoms with Crippen molar-refractivity contribution in [2.24, 2.45) is 0 Å². The number of amides is 1. The fraction of sp³-hybridized carbons (Fsp3) is 0.286. The Kier molecular flexibility index (Phi) is 7.24. The first-order valence-corrected chi connectivity index (χ1v) is 10.4. The van der Waals surface area contributed by atoms with E-state index in [1.54, 1.807) is 12.1 Å². The number of thioether (sulfide) groups is 1. The van der Waals surface area contributed by atoms with E-state index in [2.05, 4.69) is 34.3 Å². The molecule has 1 aromatic heterocycles. The minimum Gasteiger partial charge on any atom is -0.411 e. The molecule has 0 saturated carbocycles. The number of nitrogens with zero attached hydrogens (tertiary/aromatic N) is 3. The van der Waals surface area contributed by atoms with E-state index in [4.69, 9.17) is 4.42 Å². The van der Waals surface area contributed by atoms with E-state index in [1.165, 1.54) is 23.9 Å². The zero-order chi connectivity index (χ0) is 20.6. The van der Waals surface area contributed by atoms with E-state index in [-0.39, 0.29) is 18.0 Å². The third-order valence-corrected chi connectivity index (χ3v) is 5.17. The number of halogens is 1. The maximum Gasteiger partial charge on any atom is 0.276 e. The molecule has 1 heterocycles. The minimum absolute atomic E-state index is 0.177. The van der Waals surface area contributed by atoms with Crippen LogP contribution in [-0.2, 0) is 4.79 Å². The first kappa shape index (κ1) is 20.9. The Morgan fingerprint density at radius 1 is 1.10 bits per heavy atom. The molecule has 29 heavy (non-hydrogen) atoms. The van der Waals surface area contributed by atoms with Crippen LogP contribution in [0, 0.1) is 5.82 Å². The van der Waals surface area contributed by atoms with Gasteiger partial charge in [0.2, 0.25) is 11.8 Å². The van der Waals surface area contributed by atoms with Gasteiger partial charge < -0.3 is 14.6 Å². The summed E-state index contributed by atoms with van der Waals surface area (Å²) in [5, 5.41) is 11.0. The van der Waals surface area contributed by atoms with Gasteiger partial charge in [-0.25, -0.2) is 4.39 Å². The molecule has 0 spiro atoms. The van der Waals surface area contributed by atoms with Crippen LogP contribution in [0.15, 0.2) is 58.2 Å². The lowest BCUT2D eigenvalue weighted by Crippen LogP contribution is -2.21. The lowest BCUT2D eigenvalue weighted by Gasteiger charge is -2.20. The molecule has 0 unspecified atom stereocenters. The Morgan fingerprint density at radius 3 is 2.52 bits per heavy atom. The van der Waals surface area contributed by atoms with Gasteiger partial charge in [0.05, 0.1) is 5.69 Å². The topological polar surface area (TPSA) is 71.3 Å². The largest absolute Gasteiger partial charge is 0.411 e. The molecule has 0 fully saturated rings. The van der Waals surface area contributed by atoms with Crippen molar-refractivity contribution in [3.8, 4) is 11.5 Å². The monoisotopic (exact) mass is 414 g/mol. The Balaban J connectivity index is 1.51. The number of anilines is 2. The van der Waals surface area contributed by atoms with Crippen molar-refractivity contribution >= 4 is 29.0 Å². The number of para-hydroxylation sites is 1. The minimum atomic E-state index is -0.456. The lowest BCUT2D eigenvalue weighted by atomic mass is 10.2. The molecular formula is C21H23FN4O2S. The second-order valence-electron chi connectivity index (χ2n) is 6.22. The highest BCUT2D eigenvalue weighted by atomic mass is 32.2. The molecule has 6 nitrogen and oxygen atoms in total. The molecule has 1 amide bonds. The molecule has 152 valence electrons. The molecule has 3 aromatic rings. The van der Waals surface area contributed by atoms with Gasteiger partial charge in [-0.2, -0.15) is 0 Å². The summed E-state index contributed by atoms with van der Waals surface area (Å²) in [4.78, 5) is 14.2. The van der Waals surface area contributed by atoms with Gasteiger partial charge in [0.15, 0.2) is 0 Å². The Hall–Kier alpha value is -2.87. The Morgan fingerprint density at radius 2 is 1.83 bits per heavy atom. The number of hydrogen-bond acceptors (Lipinski definition) is 6. The van der Waals surface area contributed by atoms with E-state index in [0.717, 1.165) is 24.3 Å². The van der Waals surface area contributed by atoms with Crippen LogP contribution in [0.1, 0.15) is 20.3 Å². The van der Waals surface area contributed by atoms with Gasteiger partial charge in [-0.05, 0) is 50.2 Å². The molecule has 3 rings (SSSR count). The SMILES string of the molecule is CCN(CC)c1ccc(-c2nnc(SCCC(=O)Nc3ccccc3F)o2)cc1. The molecule has 8 heteroatoms. The predicted octanol–water partition coefficient (Wildman–Crippen LogP) is 4.84. The van der Waals surface area contributed by atoms with Crippen molar-refractivity contribution in [2.75, 3.05) is 29.1 Å². The fourth-order valence-electron chi connectivity index (χ4n) is 2.79. The van der Waals surface area contributed by atoms with Gasteiger partial charge in [-0.3, -0.25) is 4.79 Å². The molecule has 1 N–H and O–H groups in total. The molecule has 0 aliphatic carbocycles. The van der Waals surface area contributed by atoms with Crippen LogP contribution >= 0.6 is 11.8 Å². The second-order valence-corrected chi connectivity index (χ2v) is 7.26. The van der Waals surface area contributed by atoms with Crippen molar-refractivity contribution in [3.63, 3.8) is 0 Å². The smallest absolute Gasteiger partial charge is 0.276 e. The summed E-state index contributed by atoms with van der Waals surface area (Å²) in [6.07, 6.45) is 0.204. The highest BCUT2D eigenvalue weighted by Gasteiger charge is 2.12. The quantitative estimate of drug-likeness (QED) is 0.505. The summed E-state index contributed by atoms with van der Waals surface area (Å²) in [6.45, 7) is 6.13. The number of nitrogens with one attached hydrogen (secondary N) is 1. The molecule has 0 saturated heterocycles. The van der Waals surface area contributed by atoms with Crippen LogP contribution in [0.4, 0.5) is 15.8 Å². The number of hydrogen-bond donors (Lipinski definition) is 1. The standard InChI is InChI=1S/C21H23FN4O2S/c1-3-26(4-2)16-11-9-15(10-12-16)20-24-25-21(28-20)29-14-13-19(27)23-18-8-6-5-7-17(18)22/h5-12H,3-4,13-14H2,1-2H3,(H,23,27). The maximum absolute atomic E-state index is 13.6. The van der Waals surface area contributed by atoms with Crippen LogP contribution in [0.3, 0.4) is 0 Å². The molecule has 0 aliphatic rings. The van der Waals surface area contributed by atoms with Crippen LogP contribution in [-0.4, -0.2) is 34.9 Å². The fourth-order valence-corrected chi connectivity index (χ4v) is 3.49. The van der Waals surface area contributed by atoms with E-state index in [1.807, 2.05) is 24.3 Å². The van der Waals surface area contributed by atoms with E-state index in [9.17, 15) is 9.18 Å². The van der Waals surface area contributed by atoms with Crippen molar-refractivity contribution < 1.29 is 13.6 Å². The Bertz CT molecular complexity index is 942. The number of carbonyl (C=O) groups excluding carboxylic acids is 1. The number of carbonyl (C=O) groups is 1. The van der Waals surface area contributed by atoms with Crippen LogP contribution in [0.25, 0.3) is 11.5 Å². The van der Waals surface area contributed by atoms with E-state index >= 15 is 0 Å². The summed E-state index contributed by atoms with van der Waals surface area (Å²) in [7, 11) is 0. The van der Waals surface area contributed by atoms with E-state index < -0.39 is 5.82 Å². The van der Waals surface area contributed by atoms with Crippen LogP contribution in [0.2, 0.25) is 0 Å². The summed E-state index contributed by atoms with van der Waals surface area (Å²) < 4.78 is 19.2. The van der Waals surface area contributed by atoms with Crippen molar-refractivity contribution in [3.05, 3.63) is 54.3 Å². The van der Waals surface area contributed by atoms with Crippen LogP contribution < -0.4 is 10.2 Å². The summed E-state index contributed by atoms with van der Waals surface area (Å²) in [5.41, 5.74) is 2.17. The first-order valence-electron chi connectivity index (χ1n) is 9.46. The zero-order valence-electron chi connectivity index (χ0n) is 16.4. The normalized spacial score (nSPS) is 10.7. The van der Waals surface area contributed by atoms with Crippen molar-refractivity contribution in [1.29, 1.82) is 0 Å². The average Bonchev–Trinajstić information content (AvgIpc) is 3.20. The Labute approximate surface area is 173 Å². The number of benzene rings is 2. The van der Waals surface area contributed by atoms with Crippen LogP contribution in [0.5, 0.6) is 0 Å². The molecular weight excluding hydrogens is 391 g/mol. The van der Waals surface area contributed by atoms with Gasteiger partial charge in [0.1, 0.15) is 5.82 Å². The van der Waals surface area contributed by atoms with Gasteiger partial charge in [0.25, 0.3) is 5.22 Å². The van der Waals surface area contributed by atoms with Crippen molar-refractivity contribution in [1.82, 2.24) is 10.2 Å². The summed E-state index contributed by atoms with van der Waals surface area (Å²) in [6, 6.07) is 14.1. The average molecular weight is 415 g/mol. The third-order valence-electron chi connectivity index (χ3n) is 4.35. The predicted molar refractivity (Wildman–Crippen MR) is 114 cm³/mol. The second kappa shape index (κ2) is 10.1. The third kappa shape index (κ3) is 5.57. The van der Waals surface area contributed by atoms with Gasteiger partial charge >= 0.3 is 0 Å². The lowest BCUT2D eigenvalue weighted by molar-refractivity contribution is -0.115. The molecule has 2 aromatic carbocycles. The molecule has 0 radical (unpaired) electrons. The molecule has 0 aliphatic heterocycles. The summed E-state index contributed by atoms with van der Waals surface area (Å²) in [5.74, 6) is 0.161. The first-order chi connectivity index (χ1) is 14.1. The summed E-state index contributed by atoms with van der Waals surface area (Å²) >= 11 is 1.29. The van der Waals surface area contributed by atoms with Crippen molar-refractivity contribution in [2.45, 2.75) is 25.5 Å². The zero-order valence-corrected chi connectivity index (χ0v) is 17.2. The highest BCUT2D eigenvalue weighted by molar-refractivity contribution is 7.99. The van der Waals surface area contributed by atoms with Gasteiger partial charge in [0, 0.05) is 36.5 Å². The number of rotatable bonds is 9. The van der Waals surface area contributed by atoms with E-state index in [0.29, 0.717) is 16.9 Å². The number of aromatic nitrogens is 2. The van der Waals surface area contributed by atoms with Gasteiger partial charge in [-0.1, -0.05) is 23.9 Å². The molecule has 0 bridgehead atoms. The van der Waals surface area contributed by atoms with Gasteiger partial charge in [-0.15, -0.1) is 10.2 Å². The maximum atomic E-state index is 13.6. The molecule has 0 atom stereocenters.